The van der Waals surface area contributed by atoms with E-state index in [0.717, 1.165) is 11.0 Å². The first-order valence-electron chi connectivity index (χ1n) is 17.3. The summed E-state index contributed by atoms with van der Waals surface area (Å²) in [6, 6.07) is 11.8. The number of ether oxygens (including phenoxy) is 1. The second-order valence-electron chi connectivity index (χ2n) is 12.9. The molecule has 0 spiro atoms. The van der Waals surface area contributed by atoms with Gasteiger partial charge in [-0.1, -0.05) is 40.9 Å². The van der Waals surface area contributed by atoms with Crippen molar-refractivity contribution in [3.63, 3.8) is 0 Å². The summed E-state index contributed by atoms with van der Waals surface area (Å²) in [5, 5.41) is 9.18. The largest absolute Gasteiger partial charge is 0.496 e. The molecule has 286 valence electrons. The molecule has 2 saturated heterocycles. The number of hydrogen-bond donors (Lipinski definition) is 3. The first-order valence-corrected chi connectivity index (χ1v) is 18.5. The summed E-state index contributed by atoms with van der Waals surface area (Å²) in [6.45, 7) is 1.56. The molecule has 14 nitrogen and oxygen atoms in total. The first kappa shape index (κ1) is 39.3. The van der Waals surface area contributed by atoms with Gasteiger partial charge in [-0.25, -0.2) is 0 Å². The van der Waals surface area contributed by atoms with Gasteiger partial charge in [-0.3, -0.25) is 43.8 Å². The standard InChI is InChI=1S/C38H35Cl3N6O8/c1-55-30-20-27(41)24(23-18-21(39)6-7-26(23)40)19-25(30)36(52)46-16-14-45(15-17-46)33(50)11-10-31(48)43-13-3-12-42-28-5-2-4-22-34(28)38(54)47(37(22)53)29-8-9-32(49)44-35(29)51/h2,4-7,10-11,18-20,29,42H,3,8-9,12-17H2,1H3,(H,43,48)(H,44,49,51)/b11-10+. The van der Waals surface area contributed by atoms with Crippen LogP contribution in [0.1, 0.15) is 50.3 Å². The summed E-state index contributed by atoms with van der Waals surface area (Å²) < 4.78 is 5.46. The van der Waals surface area contributed by atoms with Crippen LogP contribution in [0.4, 0.5) is 5.69 Å². The molecule has 0 aromatic heterocycles. The quantitative estimate of drug-likeness (QED) is 0.146. The number of methoxy groups -OCH3 is 1. The lowest BCUT2D eigenvalue weighted by molar-refractivity contribution is -0.136. The van der Waals surface area contributed by atoms with Crippen LogP contribution in [0, 0.1) is 0 Å². The number of amides is 7. The highest BCUT2D eigenvalue weighted by Crippen LogP contribution is 2.39. The number of piperidine rings is 1. The third kappa shape index (κ3) is 8.46. The van der Waals surface area contributed by atoms with Crippen LogP contribution in [-0.2, 0) is 19.2 Å². The minimum atomic E-state index is -1.07. The number of anilines is 1. The maximum absolute atomic E-state index is 13.6. The lowest BCUT2D eigenvalue weighted by Gasteiger charge is -2.34. The number of halogens is 3. The fourth-order valence-electron chi connectivity index (χ4n) is 6.60. The fraction of sp³-hybridized carbons (Fsp3) is 0.289. The van der Waals surface area contributed by atoms with Crippen molar-refractivity contribution in [3.05, 3.63) is 92.4 Å². The van der Waals surface area contributed by atoms with Crippen molar-refractivity contribution in [1.82, 2.24) is 25.3 Å². The van der Waals surface area contributed by atoms with Crippen molar-refractivity contribution in [3.8, 4) is 16.9 Å². The molecule has 0 bridgehead atoms. The van der Waals surface area contributed by atoms with Crippen LogP contribution in [0.5, 0.6) is 5.75 Å². The Labute approximate surface area is 330 Å². The molecule has 1 unspecified atom stereocenters. The highest BCUT2D eigenvalue weighted by Gasteiger charge is 2.45. The highest BCUT2D eigenvalue weighted by molar-refractivity contribution is 6.38. The van der Waals surface area contributed by atoms with E-state index in [-0.39, 0.29) is 79.8 Å². The highest BCUT2D eigenvalue weighted by atomic mass is 35.5. The number of nitrogens with zero attached hydrogens (tertiary/aromatic N) is 3. The van der Waals surface area contributed by atoms with E-state index in [4.69, 9.17) is 39.5 Å². The summed E-state index contributed by atoms with van der Waals surface area (Å²) in [6.07, 6.45) is 2.85. The van der Waals surface area contributed by atoms with E-state index in [1.165, 1.54) is 19.3 Å². The number of piperazine rings is 1. The van der Waals surface area contributed by atoms with E-state index in [1.54, 1.807) is 52.3 Å². The Bertz CT molecular complexity index is 2130. The summed E-state index contributed by atoms with van der Waals surface area (Å²) in [4.78, 5) is 93.2. The van der Waals surface area contributed by atoms with Crippen molar-refractivity contribution < 1.29 is 38.3 Å². The van der Waals surface area contributed by atoms with E-state index in [2.05, 4.69) is 16.0 Å². The zero-order valence-electron chi connectivity index (χ0n) is 29.5. The van der Waals surface area contributed by atoms with Gasteiger partial charge in [0.05, 0.1) is 28.8 Å². The zero-order chi connectivity index (χ0) is 39.4. The summed E-state index contributed by atoms with van der Waals surface area (Å²) in [7, 11) is 1.44. The number of hydrogen-bond acceptors (Lipinski definition) is 9. The summed E-state index contributed by atoms with van der Waals surface area (Å²) in [5.41, 5.74) is 2.06. The molecular formula is C38H35Cl3N6O8. The normalized spacial score (nSPS) is 17.0. The van der Waals surface area contributed by atoms with Crippen LogP contribution in [-0.4, -0.2) is 108 Å². The first-order chi connectivity index (χ1) is 26.4. The SMILES string of the molecule is COc1cc(Cl)c(-c2cc(Cl)ccc2Cl)cc1C(=O)N1CCN(C(=O)/C=C/C(=O)NCCCNc2cccc3c2C(=O)N(C2CCC(=O)NC2=O)C3=O)CC1. The minimum absolute atomic E-state index is 0.0239. The van der Waals surface area contributed by atoms with E-state index in [9.17, 15) is 33.6 Å². The van der Waals surface area contributed by atoms with Gasteiger partial charge in [0.2, 0.25) is 23.6 Å². The lowest BCUT2D eigenvalue weighted by Crippen LogP contribution is -2.54. The number of carbonyl (C=O) groups excluding carboxylic acids is 7. The van der Waals surface area contributed by atoms with Crippen LogP contribution >= 0.6 is 34.8 Å². The molecule has 2 fully saturated rings. The molecule has 3 aliphatic heterocycles. The average Bonchev–Trinajstić information content (AvgIpc) is 3.43. The summed E-state index contributed by atoms with van der Waals surface area (Å²) in [5.74, 6) is -3.24. The molecular weight excluding hydrogens is 775 g/mol. The van der Waals surface area contributed by atoms with Gasteiger partial charge in [-0.05, 0) is 49.2 Å². The Morgan fingerprint density at radius 1 is 0.855 bits per heavy atom. The molecule has 0 aliphatic carbocycles. The predicted octanol–water partition coefficient (Wildman–Crippen LogP) is 4.18. The molecule has 6 rings (SSSR count). The molecule has 3 heterocycles. The van der Waals surface area contributed by atoms with Gasteiger partial charge in [0.15, 0.2) is 0 Å². The number of rotatable bonds is 11. The zero-order valence-corrected chi connectivity index (χ0v) is 31.7. The molecule has 7 amide bonds. The van der Waals surface area contributed by atoms with Gasteiger partial charge in [-0.2, -0.15) is 0 Å². The number of fused-ring (bicyclic) bond motifs is 1. The summed E-state index contributed by atoms with van der Waals surface area (Å²) >= 11 is 19.1. The maximum atomic E-state index is 13.6. The molecule has 3 aromatic carbocycles. The van der Waals surface area contributed by atoms with Gasteiger partial charge in [-0.15, -0.1) is 0 Å². The second kappa shape index (κ2) is 16.9. The van der Waals surface area contributed by atoms with Crippen LogP contribution in [0.3, 0.4) is 0 Å². The lowest BCUT2D eigenvalue weighted by atomic mass is 10.0. The number of benzene rings is 3. The van der Waals surface area contributed by atoms with Crippen molar-refractivity contribution in [2.24, 2.45) is 0 Å². The third-order valence-corrected chi connectivity index (χ3v) is 10.3. The average molecular weight is 810 g/mol. The Balaban J connectivity index is 0.960. The van der Waals surface area contributed by atoms with E-state index in [0.29, 0.717) is 44.8 Å². The van der Waals surface area contributed by atoms with E-state index < -0.39 is 35.6 Å². The smallest absolute Gasteiger partial charge is 0.264 e. The molecule has 0 saturated carbocycles. The Morgan fingerprint density at radius 3 is 2.31 bits per heavy atom. The Morgan fingerprint density at radius 2 is 1.58 bits per heavy atom. The molecule has 0 radical (unpaired) electrons. The van der Waals surface area contributed by atoms with Crippen LogP contribution in [0.15, 0.2) is 60.7 Å². The fourth-order valence-corrected chi connectivity index (χ4v) is 7.25. The molecule has 55 heavy (non-hydrogen) atoms. The van der Waals surface area contributed by atoms with Crippen LogP contribution < -0.4 is 20.7 Å². The van der Waals surface area contributed by atoms with Crippen LogP contribution in [0.2, 0.25) is 15.1 Å². The minimum Gasteiger partial charge on any atom is -0.496 e. The monoisotopic (exact) mass is 808 g/mol. The molecule has 17 heteroatoms. The van der Waals surface area contributed by atoms with E-state index >= 15 is 0 Å². The van der Waals surface area contributed by atoms with Gasteiger partial charge in [0, 0.05) is 90.8 Å². The van der Waals surface area contributed by atoms with Gasteiger partial charge in [0.1, 0.15) is 11.8 Å². The Kier molecular flexibility index (Phi) is 12.1. The van der Waals surface area contributed by atoms with Crippen LogP contribution in [0.25, 0.3) is 11.1 Å². The van der Waals surface area contributed by atoms with Gasteiger partial charge >= 0.3 is 0 Å². The van der Waals surface area contributed by atoms with Crippen molar-refractivity contribution >= 4 is 81.8 Å². The van der Waals surface area contributed by atoms with Gasteiger partial charge < -0.3 is 25.2 Å². The maximum Gasteiger partial charge on any atom is 0.264 e. The molecule has 1 atom stereocenters. The van der Waals surface area contributed by atoms with E-state index in [1.807, 2.05) is 0 Å². The second-order valence-corrected chi connectivity index (χ2v) is 14.1. The Hall–Kier alpha value is -5.44. The van der Waals surface area contributed by atoms with Crippen molar-refractivity contribution in [1.29, 1.82) is 0 Å². The topological polar surface area (TPSA) is 175 Å². The third-order valence-electron chi connectivity index (χ3n) is 9.43. The molecule has 3 N–H and O–H groups in total. The molecule has 3 aliphatic rings. The number of imide groups is 2. The van der Waals surface area contributed by atoms with Crippen molar-refractivity contribution in [2.75, 3.05) is 51.7 Å². The van der Waals surface area contributed by atoms with Gasteiger partial charge in [0.25, 0.3) is 17.7 Å². The number of carbonyl (C=O) groups is 7. The predicted molar refractivity (Wildman–Crippen MR) is 204 cm³/mol. The number of nitrogens with one attached hydrogen (secondary N) is 3. The van der Waals surface area contributed by atoms with Crippen molar-refractivity contribution in [2.45, 2.75) is 25.3 Å². The molecule has 3 aromatic rings.